The molecule has 436 valence electrons. The molecular weight excluding hydrogens is 1200 g/mol. The molecule has 0 bridgehead atoms. The summed E-state index contributed by atoms with van der Waals surface area (Å²) in [5.41, 5.74) is 17.7. The molecule has 0 spiro atoms. The van der Waals surface area contributed by atoms with Crippen LogP contribution in [0.25, 0.3) is 55.0 Å². The van der Waals surface area contributed by atoms with Crippen LogP contribution in [0.3, 0.4) is 0 Å². The van der Waals surface area contributed by atoms with Gasteiger partial charge in [0.2, 0.25) is 19.7 Å². The Balaban J connectivity index is 0.000000131. The third-order valence-corrected chi connectivity index (χ3v) is 22.0. The quantitative estimate of drug-likeness (QED) is 0.159. The second kappa shape index (κ2) is 22.5. The molecule has 10 heteroatoms. The lowest BCUT2D eigenvalue weighted by molar-refractivity contribution is 0.594. The van der Waals surface area contributed by atoms with Crippen LogP contribution in [0, 0.1) is 0 Å². The summed E-state index contributed by atoms with van der Waals surface area (Å²) in [6.07, 6.45) is 1.08. The molecule has 1 aliphatic heterocycles. The third-order valence-electron chi connectivity index (χ3n) is 17.9. The molecular formula is C79H62BrN3O4S2. The number of sulfone groups is 2. The Hall–Kier alpha value is -9.58. The molecule has 0 fully saturated rings. The molecule has 12 aromatic carbocycles. The van der Waals surface area contributed by atoms with Crippen molar-refractivity contribution >= 4 is 96.3 Å². The van der Waals surface area contributed by atoms with E-state index in [1.54, 1.807) is 60.7 Å². The van der Waals surface area contributed by atoms with Crippen LogP contribution in [0.2, 0.25) is 0 Å². The van der Waals surface area contributed by atoms with Gasteiger partial charge in [-0.3, -0.25) is 0 Å². The number of fused-ring (bicyclic) bond motifs is 10. The molecule has 0 radical (unpaired) electrons. The van der Waals surface area contributed by atoms with Gasteiger partial charge in [-0.15, -0.1) is 0 Å². The van der Waals surface area contributed by atoms with Gasteiger partial charge in [0.25, 0.3) is 0 Å². The zero-order valence-corrected chi connectivity index (χ0v) is 52.8. The molecule has 3 heterocycles. The number of para-hydroxylation sites is 6. The fraction of sp³-hybridized carbons (Fsp3) is 0.0886. The van der Waals surface area contributed by atoms with Crippen LogP contribution in [-0.2, 0) is 36.9 Å². The number of hydrogen-bond acceptors (Lipinski definition) is 5. The lowest BCUT2D eigenvalue weighted by Crippen LogP contribution is -2.30. The van der Waals surface area contributed by atoms with Crippen LogP contribution in [0.15, 0.2) is 315 Å². The van der Waals surface area contributed by atoms with E-state index in [-0.39, 0.29) is 30.4 Å². The molecule has 0 atom stereocenters. The van der Waals surface area contributed by atoms with Gasteiger partial charge in [-0.25, -0.2) is 16.8 Å². The smallest absolute Gasteiger partial charge is 0.206 e. The maximum absolute atomic E-state index is 13.8. The zero-order chi connectivity index (χ0) is 61.2. The van der Waals surface area contributed by atoms with Gasteiger partial charge in [-0.05, 0) is 173 Å². The lowest BCUT2D eigenvalue weighted by Gasteiger charge is -2.42. The van der Waals surface area contributed by atoms with Crippen molar-refractivity contribution in [1.29, 1.82) is 0 Å². The van der Waals surface area contributed by atoms with E-state index in [2.05, 4.69) is 203 Å². The molecule has 89 heavy (non-hydrogen) atoms. The van der Waals surface area contributed by atoms with Crippen molar-refractivity contribution in [3.05, 3.63) is 329 Å². The minimum Gasteiger partial charge on any atom is -0.310 e. The van der Waals surface area contributed by atoms with Gasteiger partial charge in [0.05, 0.1) is 53.0 Å². The predicted molar refractivity (Wildman–Crippen MR) is 368 cm³/mol. The SMILES string of the molecule is CC1(C)c2ccccc2Cc2ccccc21.CC1(C)c2ccccc2N(c2ccc(S(=O)(=O)c3ccc(-n4c5ccccc5c5ccccc54)cc3)cc2)c2ccccc21.O=S(=O)(c1ccc(Br)cc1)c1ccc(-n2c3ccccc3c3ccccc32)cc1. The first-order valence-corrected chi connectivity index (χ1v) is 33.6. The maximum Gasteiger partial charge on any atom is 0.206 e. The lowest BCUT2D eigenvalue weighted by atomic mass is 9.69. The molecule has 7 nitrogen and oxygen atoms in total. The van der Waals surface area contributed by atoms with Crippen LogP contribution in [0.5, 0.6) is 0 Å². The van der Waals surface area contributed by atoms with Crippen LogP contribution >= 0.6 is 15.9 Å². The minimum atomic E-state index is -3.72. The highest BCUT2D eigenvalue weighted by atomic mass is 79.9. The van der Waals surface area contributed by atoms with Crippen LogP contribution < -0.4 is 4.90 Å². The molecule has 0 amide bonds. The summed E-state index contributed by atoms with van der Waals surface area (Å²) in [5.74, 6) is 0. The van der Waals surface area contributed by atoms with Crippen molar-refractivity contribution in [2.45, 2.75) is 64.5 Å². The van der Waals surface area contributed by atoms with Crippen molar-refractivity contribution in [3.63, 3.8) is 0 Å². The number of nitrogens with zero attached hydrogens (tertiary/aromatic N) is 3. The van der Waals surface area contributed by atoms with Crippen molar-refractivity contribution < 1.29 is 16.8 Å². The molecule has 0 saturated carbocycles. The third kappa shape index (κ3) is 9.96. The van der Waals surface area contributed by atoms with Gasteiger partial charge in [0.15, 0.2) is 0 Å². The second-order valence-electron chi connectivity index (χ2n) is 23.8. The Morgan fingerprint density at radius 1 is 0.303 bits per heavy atom. The monoisotopic (exact) mass is 1260 g/mol. The summed E-state index contributed by atoms with van der Waals surface area (Å²) in [6, 6.07) is 95.9. The zero-order valence-electron chi connectivity index (χ0n) is 49.6. The number of anilines is 3. The summed E-state index contributed by atoms with van der Waals surface area (Å²) < 4.78 is 58.7. The molecule has 1 aliphatic carbocycles. The highest BCUT2D eigenvalue weighted by molar-refractivity contribution is 9.10. The molecule has 2 aromatic heterocycles. The fourth-order valence-electron chi connectivity index (χ4n) is 13.5. The summed E-state index contributed by atoms with van der Waals surface area (Å²) in [5, 5.41) is 4.69. The van der Waals surface area contributed by atoms with E-state index < -0.39 is 19.7 Å². The Bertz CT molecular complexity index is 5060. The highest BCUT2D eigenvalue weighted by Crippen LogP contribution is 2.52. The van der Waals surface area contributed by atoms with E-state index in [0.29, 0.717) is 0 Å². The largest absolute Gasteiger partial charge is 0.310 e. The highest BCUT2D eigenvalue weighted by Gasteiger charge is 2.37. The number of hydrogen-bond donors (Lipinski definition) is 0. The average molecular weight is 1260 g/mol. The minimum absolute atomic E-state index is 0.144. The molecule has 0 unspecified atom stereocenters. The van der Waals surface area contributed by atoms with E-state index in [0.717, 1.165) is 61.4 Å². The Kier molecular flexibility index (Phi) is 14.5. The van der Waals surface area contributed by atoms with Gasteiger partial charge >= 0.3 is 0 Å². The van der Waals surface area contributed by atoms with E-state index in [1.807, 2.05) is 84.9 Å². The summed E-state index contributed by atoms with van der Waals surface area (Å²) >= 11 is 3.34. The average Bonchev–Trinajstić information content (AvgIpc) is 2.02. The standard InChI is InChI=1S/C39H30N2O2S.C24H16BrNO2S.C16H16/c1-39(2)33-13-5-9-17-37(33)41(38-18-10-6-14-34(38)39)28-21-25-30(26-22-28)44(42,43)29-23-19-27(20-24-29)40-35-15-7-3-11-31(35)32-12-4-8-16-36(32)40;25-17-9-13-19(14-10-17)29(27,28)20-15-11-18(12-16-20)26-23-7-3-1-5-21(23)22-6-2-4-8-24(22)26;1-16(2)14-9-5-3-7-12(14)11-13-8-4-6-10-15(13)16/h3-26H,1-2H3;1-16H;3-10H,11H2,1-2H3. The molecule has 0 saturated heterocycles. The summed E-state index contributed by atoms with van der Waals surface area (Å²) in [6.45, 7) is 9.15. The van der Waals surface area contributed by atoms with E-state index in [1.165, 1.54) is 54.9 Å². The molecule has 2 aliphatic rings. The summed E-state index contributed by atoms with van der Waals surface area (Å²) in [4.78, 5) is 3.33. The van der Waals surface area contributed by atoms with E-state index in [4.69, 9.17) is 0 Å². The van der Waals surface area contributed by atoms with Crippen molar-refractivity contribution in [2.75, 3.05) is 4.90 Å². The normalized spacial score (nSPS) is 13.7. The Labute approximate surface area is 528 Å². The first-order valence-electron chi connectivity index (χ1n) is 29.8. The number of benzene rings is 12. The van der Waals surface area contributed by atoms with Gasteiger partial charge in [0, 0.05) is 53.9 Å². The molecule has 16 rings (SSSR count). The Morgan fingerprint density at radius 2 is 0.573 bits per heavy atom. The van der Waals surface area contributed by atoms with Gasteiger partial charge in [-0.2, -0.15) is 0 Å². The maximum atomic E-state index is 13.8. The number of rotatable bonds is 7. The van der Waals surface area contributed by atoms with Crippen LogP contribution in [0.4, 0.5) is 17.1 Å². The van der Waals surface area contributed by atoms with Crippen LogP contribution in [0.1, 0.15) is 61.1 Å². The predicted octanol–water partition coefficient (Wildman–Crippen LogP) is 20.0. The second-order valence-corrected chi connectivity index (χ2v) is 28.6. The van der Waals surface area contributed by atoms with Crippen LogP contribution in [-0.4, -0.2) is 26.0 Å². The summed E-state index contributed by atoms with van der Waals surface area (Å²) in [7, 11) is -7.28. The molecule has 14 aromatic rings. The Morgan fingerprint density at radius 3 is 0.933 bits per heavy atom. The van der Waals surface area contributed by atoms with Crippen molar-refractivity contribution in [1.82, 2.24) is 9.13 Å². The number of aromatic nitrogens is 2. The first-order chi connectivity index (χ1) is 43.1. The fourth-order valence-corrected chi connectivity index (χ4v) is 16.3. The number of halogens is 1. The van der Waals surface area contributed by atoms with Gasteiger partial charge in [0.1, 0.15) is 0 Å². The molecule has 0 N–H and O–H groups in total. The van der Waals surface area contributed by atoms with Gasteiger partial charge in [-0.1, -0.05) is 201 Å². The van der Waals surface area contributed by atoms with E-state index in [9.17, 15) is 16.8 Å². The van der Waals surface area contributed by atoms with Crippen molar-refractivity contribution in [3.8, 4) is 11.4 Å². The first kappa shape index (κ1) is 57.2. The topological polar surface area (TPSA) is 81.4 Å². The van der Waals surface area contributed by atoms with E-state index >= 15 is 0 Å². The van der Waals surface area contributed by atoms with Gasteiger partial charge < -0.3 is 14.0 Å². The van der Waals surface area contributed by atoms with Crippen molar-refractivity contribution in [2.24, 2.45) is 0 Å².